The Morgan fingerprint density at radius 3 is 2.53 bits per heavy atom. The summed E-state index contributed by atoms with van der Waals surface area (Å²) in [5.41, 5.74) is 7.55. The number of nitrogens with zero attached hydrogens (tertiary/aromatic N) is 3. The summed E-state index contributed by atoms with van der Waals surface area (Å²) in [6.07, 6.45) is 0. The fourth-order valence-corrected chi connectivity index (χ4v) is 1.91. The summed E-state index contributed by atoms with van der Waals surface area (Å²) in [5.74, 6) is 1.26. The number of halogens is 1. The van der Waals surface area contributed by atoms with Crippen LogP contribution in [0.5, 0.6) is 0 Å². The summed E-state index contributed by atoms with van der Waals surface area (Å²) in [6, 6.07) is 13.4. The van der Waals surface area contributed by atoms with Crippen molar-refractivity contribution in [2.24, 2.45) is 0 Å². The Morgan fingerprint density at radius 1 is 1.06 bits per heavy atom. The van der Waals surface area contributed by atoms with E-state index in [-0.39, 0.29) is 0 Å². The van der Waals surface area contributed by atoms with E-state index in [0.717, 1.165) is 15.7 Å². The number of hydrogen-bond donors (Lipinski definition) is 1. The van der Waals surface area contributed by atoms with E-state index in [4.69, 9.17) is 5.73 Å². The molecule has 84 valence electrons. The monoisotopic (exact) mass is 288 g/mol. The summed E-state index contributed by atoms with van der Waals surface area (Å²) < 4.78 is 2.67. The molecule has 1 aromatic carbocycles. The van der Waals surface area contributed by atoms with Gasteiger partial charge in [0, 0.05) is 10.0 Å². The first-order chi connectivity index (χ1) is 8.24. The number of hydrogen-bond acceptors (Lipinski definition) is 3. The molecule has 0 radical (unpaired) electrons. The summed E-state index contributed by atoms with van der Waals surface area (Å²) in [5, 5.41) is 4.38. The number of nitrogen functional groups attached to an aromatic ring is 1. The molecule has 0 saturated carbocycles. The maximum absolute atomic E-state index is 5.82. The van der Waals surface area contributed by atoms with Crippen molar-refractivity contribution in [3.63, 3.8) is 0 Å². The Labute approximate surface area is 106 Å². The molecule has 0 bridgehead atoms. The first kappa shape index (κ1) is 10.3. The zero-order valence-corrected chi connectivity index (χ0v) is 10.4. The third-order valence-corrected chi connectivity index (χ3v) is 3.02. The topological polar surface area (TPSA) is 56.2 Å². The van der Waals surface area contributed by atoms with Gasteiger partial charge in [-0.2, -0.15) is 4.52 Å². The standard InChI is InChI=1S/C12H9BrN4/c13-9-6-4-8(5-7-9)12-15-11-3-1-2-10(14)17(11)16-12/h1-7H,14H2. The molecule has 2 N–H and O–H groups in total. The molecular formula is C12H9BrN4. The van der Waals surface area contributed by atoms with E-state index in [2.05, 4.69) is 26.0 Å². The van der Waals surface area contributed by atoms with Gasteiger partial charge >= 0.3 is 0 Å². The van der Waals surface area contributed by atoms with Gasteiger partial charge in [0.2, 0.25) is 0 Å². The summed E-state index contributed by atoms with van der Waals surface area (Å²) >= 11 is 3.40. The Kier molecular flexibility index (Phi) is 2.33. The predicted octanol–water partition coefficient (Wildman–Crippen LogP) is 2.74. The van der Waals surface area contributed by atoms with Gasteiger partial charge in [-0.15, -0.1) is 5.10 Å². The lowest BCUT2D eigenvalue weighted by Gasteiger charge is -1.95. The van der Waals surface area contributed by atoms with E-state index in [0.29, 0.717) is 11.6 Å². The van der Waals surface area contributed by atoms with E-state index in [9.17, 15) is 0 Å². The van der Waals surface area contributed by atoms with Crippen molar-refractivity contribution in [1.29, 1.82) is 0 Å². The molecule has 0 amide bonds. The smallest absolute Gasteiger partial charge is 0.182 e. The first-order valence-corrected chi connectivity index (χ1v) is 5.90. The average Bonchev–Trinajstić information content (AvgIpc) is 2.75. The van der Waals surface area contributed by atoms with Crippen molar-refractivity contribution >= 4 is 27.4 Å². The van der Waals surface area contributed by atoms with Crippen molar-refractivity contribution in [3.05, 3.63) is 46.9 Å². The van der Waals surface area contributed by atoms with E-state index >= 15 is 0 Å². The fraction of sp³-hybridized carbons (Fsp3) is 0. The van der Waals surface area contributed by atoms with Gasteiger partial charge in [0.25, 0.3) is 0 Å². The highest BCUT2D eigenvalue weighted by molar-refractivity contribution is 9.10. The zero-order chi connectivity index (χ0) is 11.8. The summed E-state index contributed by atoms with van der Waals surface area (Å²) in [4.78, 5) is 4.43. The third-order valence-electron chi connectivity index (χ3n) is 2.49. The van der Waals surface area contributed by atoms with Crippen LogP contribution >= 0.6 is 15.9 Å². The molecule has 3 rings (SSSR count). The van der Waals surface area contributed by atoms with E-state index < -0.39 is 0 Å². The molecule has 0 unspecified atom stereocenters. The number of anilines is 1. The van der Waals surface area contributed by atoms with Crippen LogP contribution in [-0.2, 0) is 0 Å². The van der Waals surface area contributed by atoms with Crippen LogP contribution in [0.25, 0.3) is 17.0 Å². The maximum atomic E-state index is 5.82. The number of benzene rings is 1. The first-order valence-electron chi connectivity index (χ1n) is 5.11. The second kappa shape index (κ2) is 3.85. The predicted molar refractivity (Wildman–Crippen MR) is 70.5 cm³/mol. The number of rotatable bonds is 1. The highest BCUT2D eigenvalue weighted by Crippen LogP contribution is 2.20. The minimum atomic E-state index is 0.582. The van der Waals surface area contributed by atoms with Crippen LogP contribution in [0.1, 0.15) is 0 Å². The molecule has 2 aromatic heterocycles. The minimum Gasteiger partial charge on any atom is -0.384 e. The number of aromatic nitrogens is 3. The third kappa shape index (κ3) is 1.78. The molecule has 4 nitrogen and oxygen atoms in total. The lowest BCUT2D eigenvalue weighted by atomic mass is 10.2. The van der Waals surface area contributed by atoms with E-state index in [1.54, 1.807) is 10.6 Å². The lowest BCUT2D eigenvalue weighted by molar-refractivity contribution is 0.978. The van der Waals surface area contributed by atoms with Crippen molar-refractivity contribution in [2.45, 2.75) is 0 Å². The second-order valence-corrected chi connectivity index (χ2v) is 4.58. The number of fused-ring (bicyclic) bond motifs is 1. The molecule has 0 aliphatic carbocycles. The number of pyridine rings is 1. The van der Waals surface area contributed by atoms with Crippen LogP contribution in [-0.4, -0.2) is 14.6 Å². The van der Waals surface area contributed by atoms with Gasteiger partial charge in [0.05, 0.1) is 0 Å². The zero-order valence-electron chi connectivity index (χ0n) is 8.84. The van der Waals surface area contributed by atoms with Crippen LogP contribution in [0.3, 0.4) is 0 Å². The van der Waals surface area contributed by atoms with Crippen molar-refractivity contribution < 1.29 is 0 Å². The van der Waals surface area contributed by atoms with Crippen LogP contribution in [0.2, 0.25) is 0 Å². The van der Waals surface area contributed by atoms with Crippen LogP contribution < -0.4 is 5.73 Å². The average molecular weight is 289 g/mol. The van der Waals surface area contributed by atoms with Crippen molar-refractivity contribution in [1.82, 2.24) is 14.6 Å². The molecule has 2 heterocycles. The molecule has 17 heavy (non-hydrogen) atoms. The normalized spacial score (nSPS) is 10.9. The molecule has 5 heteroatoms. The van der Waals surface area contributed by atoms with E-state index in [1.165, 1.54) is 0 Å². The fourth-order valence-electron chi connectivity index (χ4n) is 1.65. The largest absolute Gasteiger partial charge is 0.384 e. The molecule has 0 saturated heterocycles. The lowest BCUT2D eigenvalue weighted by Crippen LogP contribution is -1.97. The van der Waals surface area contributed by atoms with Gasteiger partial charge in [0.15, 0.2) is 11.5 Å². The molecule has 3 aromatic rings. The Morgan fingerprint density at radius 2 is 1.82 bits per heavy atom. The molecule has 0 fully saturated rings. The highest BCUT2D eigenvalue weighted by Gasteiger charge is 2.07. The number of nitrogens with two attached hydrogens (primary N) is 1. The summed E-state index contributed by atoms with van der Waals surface area (Å²) in [7, 11) is 0. The quantitative estimate of drug-likeness (QED) is 0.749. The van der Waals surface area contributed by atoms with Crippen molar-refractivity contribution in [2.75, 3.05) is 5.73 Å². The van der Waals surface area contributed by atoms with Crippen molar-refractivity contribution in [3.8, 4) is 11.4 Å². The van der Waals surface area contributed by atoms with Crippen LogP contribution in [0.15, 0.2) is 46.9 Å². The Bertz CT molecular complexity index is 673. The Hall–Kier alpha value is -1.88. The van der Waals surface area contributed by atoms with E-state index in [1.807, 2.05) is 36.4 Å². The second-order valence-electron chi connectivity index (χ2n) is 3.66. The maximum Gasteiger partial charge on any atom is 0.182 e. The summed E-state index contributed by atoms with van der Waals surface area (Å²) in [6.45, 7) is 0. The Balaban J connectivity index is 2.18. The molecule has 0 spiro atoms. The van der Waals surface area contributed by atoms with Gasteiger partial charge in [0.1, 0.15) is 5.82 Å². The highest BCUT2D eigenvalue weighted by atomic mass is 79.9. The molecule has 0 atom stereocenters. The SMILES string of the molecule is Nc1cccc2nc(-c3ccc(Br)cc3)nn12. The van der Waals surface area contributed by atoms with Crippen LogP contribution in [0, 0.1) is 0 Å². The van der Waals surface area contributed by atoms with Gasteiger partial charge in [-0.3, -0.25) is 0 Å². The van der Waals surface area contributed by atoms with Crippen LogP contribution in [0.4, 0.5) is 5.82 Å². The van der Waals surface area contributed by atoms with Gasteiger partial charge < -0.3 is 5.73 Å². The van der Waals surface area contributed by atoms with Gasteiger partial charge in [-0.1, -0.05) is 34.1 Å². The van der Waals surface area contributed by atoms with Gasteiger partial charge in [-0.25, -0.2) is 4.98 Å². The molecule has 0 aliphatic heterocycles. The molecule has 0 aliphatic rings. The minimum absolute atomic E-state index is 0.582. The van der Waals surface area contributed by atoms with Gasteiger partial charge in [-0.05, 0) is 24.3 Å². The molecular weight excluding hydrogens is 280 g/mol.